The van der Waals surface area contributed by atoms with Gasteiger partial charge in [-0.25, -0.2) is 9.59 Å². The van der Waals surface area contributed by atoms with E-state index in [-0.39, 0.29) is 6.04 Å². The molecule has 0 aromatic heterocycles. The predicted octanol–water partition coefficient (Wildman–Crippen LogP) is 2.17. The van der Waals surface area contributed by atoms with Crippen LogP contribution >= 0.6 is 0 Å². The monoisotopic (exact) mass is 400 g/mol. The molecule has 1 atom stereocenters. The summed E-state index contributed by atoms with van der Waals surface area (Å²) in [5.41, 5.74) is 0.563. The van der Waals surface area contributed by atoms with Gasteiger partial charge in [-0.3, -0.25) is 19.8 Å². The molecule has 2 fully saturated rings. The van der Waals surface area contributed by atoms with E-state index in [4.69, 9.17) is 0 Å². The first-order valence-corrected chi connectivity index (χ1v) is 10.2. The Balaban J connectivity index is 1.61. The fourth-order valence-corrected chi connectivity index (χ4v) is 3.93. The van der Waals surface area contributed by atoms with Crippen LogP contribution in [0.15, 0.2) is 24.3 Å². The van der Waals surface area contributed by atoms with Gasteiger partial charge in [0.05, 0.1) is 0 Å². The molecule has 0 spiro atoms. The topological polar surface area (TPSA) is 108 Å². The number of amides is 6. The van der Waals surface area contributed by atoms with E-state index in [2.05, 4.69) is 22.9 Å². The molecule has 3 N–H and O–H groups in total. The van der Waals surface area contributed by atoms with Gasteiger partial charge in [-0.05, 0) is 37.3 Å². The summed E-state index contributed by atoms with van der Waals surface area (Å²) in [4.78, 5) is 50.2. The van der Waals surface area contributed by atoms with E-state index in [1.807, 2.05) is 24.3 Å². The zero-order valence-electron chi connectivity index (χ0n) is 16.9. The summed E-state index contributed by atoms with van der Waals surface area (Å²) in [5.74, 6) is -1.22. The number of nitrogens with one attached hydrogen (secondary N) is 3. The van der Waals surface area contributed by atoms with Gasteiger partial charge in [0.15, 0.2) is 0 Å². The number of rotatable bonds is 6. The second-order valence-electron chi connectivity index (χ2n) is 7.90. The lowest BCUT2D eigenvalue weighted by Crippen LogP contribution is -2.48. The lowest BCUT2D eigenvalue weighted by Gasteiger charge is -2.22. The zero-order valence-corrected chi connectivity index (χ0v) is 16.9. The molecule has 1 aromatic carbocycles. The summed E-state index contributed by atoms with van der Waals surface area (Å²) in [7, 11) is 0. The lowest BCUT2D eigenvalue weighted by atomic mass is 9.91. The molecule has 0 bridgehead atoms. The number of urea groups is 2. The van der Waals surface area contributed by atoms with E-state index in [1.54, 1.807) is 6.92 Å². The molecule has 0 unspecified atom stereocenters. The van der Waals surface area contributed by atoms with Crippen molar-refractivity contribution in [3.63, 3.8) is 0 Å². The van der Waals surface area contributed by atoms with Gasteiger partial charge in [-0.2, -0.15) is 0 Å². The number of aryl methyl sites for hydroxylation is 1. The minimum atomic E-state index is -1.24. The summed E-state index contributed by atoms with van der Waals surface area (Å²) in [6, 6.07) is 6.34. The van der Waals surface area contributed by atoms with E-state index in [9.17, 15) is 19.2 Å². The highest BCUT2D eigenvalue weighted by molar-refractivity contribution is 6.10. The molecule has 1 saturated carbocycles. The predicted molar refractivity (Wildman–Crippen MR) is 107 cm³/mol. The molecule has 1 aliphatic heterocycles. The quantitative estimate of drug-likeness (QED) is 0.636. The molecule has 1 aliphatic carbocycles. The molecule has 3 rings (SSSR count). The van der Waals surface area contributed by atoms with Crippen molar-refractivity contribution in [3.05, 3.63) is 35.4 Å². The number of nitrogens with zero attached hydrogens (tertiary/aromatic N) is 1. The van der Waals surface area contributed by atoms with E-state index >= 15 is 0 Å². The number of hydrogen-bond donors (Lipinski definition) is 3. The summed E-state index contributed by atoms with van der Waals surface area (Å²) in [6.45, 7) is 3.20. The van der Waals surface area contributed by atoms with Gasteiger partial charge < -0.3 is 10.6 Å². The fraction of sp³-hybridized carbons (Fsp3) is 0.524. The molecule has 6 amide bonds. The third-order valence-electron chi connectivity index (χ3n) is 5.59. The Hall–Kier alpha value is -2.90. The van der Waals surface area contributed by atoms with Crippen molar-refractivity contribution in [2.75, 3.05) is 6.54 Å². The Morgan fingerprint density at radius 2 is 1.83 bits per heavy atom. The van der Waals surface area contributed by atoms with Crippen LogP contribution in [0.5, 0.6) is 0 Å². The standard InChI is InChI=1S/C21H28N4O4/c1-3-6-14-9-11-15(12-10-14)21(2)18(27)25(20(29)24-21)13-17(26)23-19(28)22-16-7-4-5-8-16/h9-12,16H,3-8,13H2,1-2H3,(H,24,29)(H2,22,23,26,28)/t21-/m0/s1. The molecule has 1 heterocycles. The van der Waals surface area contributed by atoms with Crippen LogP contribution in [-0.2, 0) is 21.5 Å². The number of hydrogen-bond acceptors (Lipinski definition) is 4. The van der Waals surface area contributed by atoms with Crippen molar-refractivity contribution in [2.45, 2.75) is 64.0 Å². The smallest absolute Gasteiger partial charge is 0.325 e. The first kappa shape index (κ1) is 20.8. The maximum atomic E-state index is 12.9. The summed E-state index contributed by atoms with van der Waals surface area (Å²) in [5, 5.41) is 7.61. The molecule has 8 nitrogen and oxygen atoms in total. The number of imide groups is 2. The van der Waals surface area contributed by atoms with Crippen LogP contribution < -0.4 is 16.0 Å². The van der Waals surface area contributed by atoms with Crippen molar-refractivity contribution in [3.8, 4) is 0 Å². The van der Waals surface area contributed by atoms with Crippen molar-refractivity contribution >= 4 is 23.9 Å². The Bertz CT molecular complexity index is 801. The van der Waals surface area contributed by atoms with Crippen LogP contribution in [0.2, 0.25) is 0 Å². The van der Waals surface area contributed by atoms with E-state index < -0.39 is 36.0 Å². The highest BCUT2D eigenvalue weighted by Crippen LogP contribution is 2.29. The molecular formula is C21H28N4O4. The lowest BCUT2D eigenvalue weighted by molar-refractivity contribution is -0.134. The van der Waals surface area contributed by atoms with Gasteiger partial charge in [0.2, 0.25) is 5.91 Å². The van der Waals surface area contributed by atoms with Gasteiger partial charge >= 0.3 is 12.1 Å². The highest BCUT2D eigenvalue weighted by atomic mass is 16.2. The fourth-order valence-electron chi connectivity index (χ4n) is 3.93. The van der Waals surface area contributed by atoms with Crippen LogP contribution in [0.1, 0.15) is 57.1 Å². The van der Waals surface area contributed by atoms with Gasteiger partial charge in [0.1, 0.15) is 12.1 Å². The van der Waals surface area contributed by atoms with Gasteiger partial charge in [-0.1, -0.05) is 50.5 Å². The van der Waals surface area contributed by atoms with Gasteiger partial charge in [0, 0.05) is 6.04 Å². The molecule has 156 valence electrons. The van der Waals surface area contributed by atoms with Crippen LogP contribution in [0.25, 0.3) is 0 Å². The van der Waals surface area contributed by atoms with Crippen LogP contribution in [-0.4, -0.2) is 41.4 Å². The van der Waals surface area contributed by atoms with E-state index in [1.165, 1.54) is 0 Å². The normalized spacial score (nSPS) is 21.9. The Kier molecular flexibility index (Phi) is 6.20. The highest BCUT2D eigenvalue weighted by Gasteiger charge is 2.49. The Labute approximate surface area is 170 Å². The second-order valence-corrected chi connectivity index (χ2v) is 7.90. The molecule has 2 aliphatic rings. The molecule has 8 heteroatoms. The molecule has 29 heavy (non-hydrogen) atoms. The number of carbonyl (C=O) groups excluding carboxylic acids is 4. The van der Waals surface area contributed by atoms with Gasteiger partial charge in [-0.15, -0.1) is 0 Å². The van der Waals surface area contributed by atoms with Gasteiger partial charge in [0.25, 0.3) is 5.91 Å². The molecule has 1 saturated heterocycles. The summed E-state index contributed by atoms with van der Waals surface area (Å²) in [6.07, 6.45) is 5.85. The maximum Gasteiger partial charge on any atom is 0.325 e. The van der Waals surface area contributed by atoms with Crippen LogP contribution in [0, 0.1) is 0 Å². The first-order valence-electron chi connectivity index (χ1n) is 10.2. The Morgan fingerprint density at radius 3 is 2.45 bits per heavy atom. The zero-order chi connectivity index (χ0) is 21.0. The van der Waals surface area contributed by atoms with Crippen molar-refractivity contribution in [1.29, 1.82) is 0 Å². The Morgan fingerprint density at radius 1 is 1.17 bits per heavy atom. The average molecular weight is 400 g/mol. The third-order valence-corrected chi connectivity index (χ3v) is 5.59. The number of benzene rings is 1. The van der Waals surface area contributed by atoms with Crippen LogP contribution in [0.4, 0.5) is 9.59 Å². The summed E-state index contributed by atoms with van der Waals surface area (Å²) < 4.78 is 0. The second kappa shape index (κ2) is 8.63. The van der Waals surface area contributed by atoms with Crippen molar-refractivity contribution < 1.29 is 19.2 Å². The SMILES string of the molecule is CCCc1ccc([C@]2(C)NC(=O)N(CC(=O)NC(=O)NC3CCCC3)C2=O)cc1. The largest absolute Gasteiger partial charge is 0.335 e. The summed E-state index contributed by atoms with van der Waals surface area (Å²) >= 11 is 0. The molecule has 1 aromatic rings. The van der Waals surface area contributed by atoms with Crippen molar-refractivity contribution in [1.82, 2.24) is 20.9 Å². The van der Waals surface area contributed by atoms with E-state index in [0.717, 1.165) is 49.0 Å². The minimum Gasteiger partial charge on any atom is -0.335 e. The third kappa shape index (κ3) is 4.58. The van der Waals surface area contributed by atoms with Crippen LogP contribution in [0.3, 0.4) is 0 Å². The van der Waals surface area contributed by atoms with Crippen molar-refractivity contribution in [2.24, 2.45) is 0 Å². The first-order chi connectivity index (χ1) is 13.8. The maximum absolute atomic E-state index is 12.9. The molecule has 0 radical (unpaired) electrons. The molecular weight excluding hydrogens is 372 g/mol. The van der Waals surface area contributed by atoms with E-state index in [0.29, 0.717) is 5.56 Å². The minimum absolute atomic E-state index is 0.0680. The average Bonchev–Trinajstić information content (AvgIpc) is 3.25. The number of carbonyl (C=O) groups is 4.